The van der Waals surface area contributed by atoms with Crippen LogP contribution in [-0.2, 0) is 0 Å². The molecule has 0 aromatic carbocycles. The molecule has 1 aromatic heterocycles. The number of aromatic nitrogens is 1. The Bertz CT molecular complexity index is 368. The SMILES string of the molecule is CC(N)CC(C)NC(=O)c1ccncc1F. The van der Waals surface area contributed by atoms with Crippen molar-refractivity contribution in [1.82, 2.24) is 10.3 Å². The molecular formula is C11H16FN3O. The van der Waals surface area contributed by atoms with Gasteiger partial charge in [-0.2, -0.15) is 0 Å². The van der Waals surface area contributed by atoms with Crippen molar-refractivity contribution in [3.8, 4) is 0 Å². The third kappa shape index (κ3) is 3.58. The van der Waals surface area contributed by atoms with E-state index in [0.717, 1.165) is 6.20 Å². The second-order valence-electron chi connectivity index (χ2n) is 3.94. The van der Waals surface area contributed by atoms with Gasteiger partial charge in [0.25, 0.3) is 5.91 Å². The van der Waals surface area contributed by atoms with Gasteiger partial charge in [-0.1, -0.05) is 0 Å². The number of nitrogens with zero attached hydrogens (tertiary/aromatic N) is 1. The fraction of sp³-hybridized carbons (Fsp3) is 0.455. The maximum Gasteiger partial charge on any atom is 0.254 e. The molecule has 5 heteroatoms. The molecule has 0 saturated heterocycles. The highest BCUT2D eigenvalue weighted by Gasteiger charge is 2.14. The van der Waals surface area contributed by atoms with E-state index < -0.39 is 11.7 Å². The van der Waals surface area contributed by atoms with Gasteiger partial charge in [-0.05, 0) is 26.3 Å². The van der Waals surface area contributed by atoms with Crippen molar-refractivity contribution < 1.29 is 9.18 Å². The summed E-state index contributed by atoms with van der Waals surface area (Å²) in [5.41, 5.74) is 5.61. The number of carbonyl (C=O) groups is 1. The smallest absolute Gasteiger partial charge is 0.254 e. The lowest BCUT2D eigenvalue weighted by Crippen LogP contribution is -2.36. The molecule has 0 fully saturated rings. The van der Waals surface area contributed by atoms with Gasteiger partial charge < -0.3 is 11.1 Å². The highest BCUT2D eigenvalue weighted by molar-refractivity contribution is 5.94. The molecule has 3 N–H and O–H groups in total. The van der Waals surface area contributed by atoms with E-state index in [1.165, 1.54) is 12.3 Å². The van der Waals surface area contributed by atoms with Gasteiger partial charge in [0.2, 0.25) is 0 Å². The number of hydrogen-bond acceptors (Lipinski definition) is 3. The van der Waals surface area contributed by atoms with Crippen molar-refractivity contribution in [2.45, 2.75) is 32.4 Å². The van der Waals surface area contributed by atoms with Crippen molar-refractivity contribution in [2.75, 3.05) is 0 Å². The first kappa shape index (κ1) is 12.6. The summed E-state index contributed by atoms with van der Waals surface area (Å²) in [5.74, 6) is -1.05. The quantitative estimate of drug-likeness (QED) is 0.805. The Balaban J connectivity index is 2.63. The monoisotopic (exact) mass is 225 g/mol. The Morgan fingerprint density at radius 3 is 2.88 bits per heavy atom. The molecule has 1 amide bonds. The van der Waals surface area contributed by atoms with Crippen molar-refractivity contribution >= 4 is 5.91 Å². The molecule has 16 heavy (non-hydrogen) atoms. The first-order chi connectivity index (χ1) is 7.50. The minimum Gasteiger partial charge on any atom is -0.349 e. The zero-order valence-electron chi connectivity index (χ0n) is 9.40. The first-order valence-corrected chi connectivity index (χ1v) is 5.16. The molecule has 0 saturated carbocycles. The van der Waals surface area contributed by atoms with Crippen LogP contribution in [0.4, 0.5) is 4.39 Å². The molecule has 1 heterocycles. The van der Waals surface area contributed by atoms with Crippen molar-refractivity contribution in [3.05, 3.63) is 29.8 Å². The predicted molar refractivity (Wildman–Crippen MR) is 59.4 cm³/mol. The van der Waals surface area contributed by atoms with Crippen LogP contribution in [0, 0.1) is 5.82 Å². The Hall–Kier alpha value is -1.49. The predicted octanol–water partition coefficient (Wildman–Crippen LogP) is 1.08. The minimum atomic E-state index is -0.618. The molecule has 2 unspecified atom stereocenters. The molecule has 2 atom stereocenters. The third-order valence-electron chi connectivity index (χ3n) is 2.12. The Kier molecular flexibility index (Phi) is 4.37. The van der Waals surface area contributed by atoms with Gasteiger partial charge in [-0.25, -0.2) is 4.39 Å². The molecule has 4 nitrogen and oxygen atoms in total. The van der Waals surface area contributed by atoms with Gasteiger partial charge in [0.05, 0.1) is 11.8 Å². The summed E-state index contributed by atoms with van der Waals surface area (Å²) in [5, 5.41) is 2.68. The average molecular weight is 225 g/mol. The molecule has 1 rings (SSSR count). The highest BCUT2D eigenvalue weighted by Crippen LogP contribution is 2.05. The van der Waals surface area contributed by atoms with Crippen LogP contribution in [0.5, 0.6) is 0 Å². The number of pyridine rings is 1. The maximum atomic E-state index is 13.2. The molecule has 0 bridgehead atoms. The molecule has 0 spiro atoms. The normalized spacial score (nSPS) is 14.2. The van der Waals surface area contributed by atoms with E-state index in [4.69, 9.17) is 5.73 Å². The summed E-state index contributed by atoms with van der Waals surface area (Å²) in [6, 6.07) is 1.26. The summed E-state index contributed by atoms with van der Waals surface area (Å²) < 4.78 is 13.2. The number of rotatable bonds is 4. The summed E-state index contributed by atoms with van der Waals surface area (Å²) >= 11 is 0. The fourth-order valence-corrected chi connectivity index (χ4v) is 1.48. The van der Waals surface area contributed by atoms with E-state index in [2.05, 4.69) is 10.3 Å². The number of hydrogen-bond donors (Lipinski definition) is 2. The standard InChI is InChI=1S/C11H16FN3O/c1-7(13)5-8(2)15-11(16)9-3-4-14-6-10(9)12/h3-4,6-8H,5,13H2,1-2H3,(H,15,16). The number of nitrogens with two attached hydrogens (primary N) is 1. The van der Waals surface area contributed by atoms with Gasteiger partial charge in [0, 0.05) is 18.3 Å². The lowest BCUT2D eigenvalue weighted by molar-refractivity contribution is 0.0933. The van der Waals surface area contributed by atoms with Gasteiger partial charge in [0.1, 0.15) is 0 Å². The topological polar surface area (TPSA) is 68.0 Å². The van der Waals surface area contributed by atoms with E-state index in [-0.39, 0.29) is 17.6 Å². The Morgan fingerprint density at radius 1 is 1.62 bits per heavy atom. The lowest BCUT2D eigenvalue weighted by Gasteiger charge is -2.15. The average Bonchev–Trinajstić information content (AvgIpc) is 2.16. The molecule has 1 aromatic rings. The maximum absolute atomic E-state index is 13.2. The molecule has 0 aliphatic rings. The fourth-order valence-electron chi connectivity index (χ4n) is 1.48. The molecule has 88 valence electrons. The van der Waals surface area contributed by atoms with Gasteiger partial charge >= 0.3 is 0 Å². The molecule has 0 aliphatic heterocycles. The van der Waals surface area contributed by atoms with E-state index in [0.29, 0.717) is 6.42 Å². The largest absolute Gasteiger partial charge is 0.349 e. The van der Waals surface area contributed by atoms with Crippen molar-refractivity contribution in [1.29, 1.82) is 0 Å². The number of halogens is 1. The van der Waals surface area contributed by atoms with Crippen LogP contribution < -0.4 is 11.1 Å². The lowest BCUT2D eigenvalue weighted by atomic mass is 10.1. The van der Waals surface area contributed by atoms with Gasteiger partial charge in [-0.3, -0.25) is 9.78 Å². The highest BCUT2D eigenvalue weighted by atomic mass is 19.1. The zero-order chi connectivity index (χ0) is 12.1. The second-order valence-corrected chi connectivity index (χ2v) is 3.94. The second kappa shape index (κ2) is 5.55. The van der Waals surface area contributed by atoms with E-state index >= 15 is 0 Å². The summed E-state index contributed by atoms with van der Waals surface area (Å²) in [4.78, 5) is 15.2. The van der Waals surface area contributed by atoms with Crippen LogP contribution in [0.25, 0.3) is 0 Å². The zero-order valence-corrected chi connectivity index (χ0v) is 9.40. The van der Waals surface area contributed by atoms with Crippen LogP contribution in [0.3, 0.4) is 0 Å². The first-order valence-electron chi connectivity index (χ1n) is 5.16. The van der Waals surface area contributed by atoms with E-state index in [1.807, 2.05) is 13.8 Å². The van der Waals surface area contributed by atoms with Crippen LogP contribution in [-0.4, -0.2) is 23.0 Å². The van der Waals surface area contributed by atoms with Crippen LogP contribution >= 0.6 is 0 Å². The molecular weight excluding hydrogens is 209 g/mol. The minimum absolute atomic E-state index is 0.00223. The van der Waals surface area contributed by atoms with E-state index in [9.17, 15) is 9.18 Å². The number of amides is 1. The number of carbonyl (C=O) groups excluding carboxylic acids is 1. The van der Waals surface area contributed by atoms with Crippen LogP contribution in [0.1, 0.15) is 30.6 Å². The van der Waals surface area contributed by atoms with E-state index in [1.54, 1.807) is 0 Å². The summed E-state index contributed by atoms with van der Waals surface area (Å²) in [6.07, 6.45) is 3.05. The van der Waals surface area contributed by atoms with Gasteiger partial charge in [-0.15, -0.1) is 0 Å². The summed E-state index contributed by atoms with van der Waals surface area (Å²) in [6.45, 7) is 3.69. The Morgan fingerprint density at radius 2 is 2.31 bits per heavy atom. The Labute approximate surface area is 94.1 Å². The van der Waals surface area contributed by atoms with Gasteiger partial charge in [0.15, 0.2) is 5.82 Å². The number of nitrogens with one attached hydrogen (secondary N) is 1. The summed E-state index contributed by atoms with van der Waals surface area (Å²) in [7, 11) is 0. The van der Waals surface area contributed by atoms with Crippen molar-refractivity contribution in [3.63, 3.8) is 0 Å². The molecule has 0 aliphatic carbocycles. The molecule has 0 radical (unpaired) electrons. The van der Waals surface area contributed by atoms with Crippen molar-refractivity contribution in [2.24, 2.45) is 5.73 Å². The van der Waals surface area contributed by atoms with Crippen LogP contribution in [0.2, 0.25) is 0 Å². The third-order valence-corrected chi connectivity index (χ3v) is 2.12. The van der Waals surface area contributed by atoms with Crippen LogP contribution in [0.15, 0.2) is 18.5 Å².